The normalized spacial score (nSPS) is 20.0. The topological polar surface area (TPSA) is 110 Å². The average Bonchev–Trinajstić information content (AvgIpc) is 4.03. The third-order valence-corrected chi connectivity index (χ3v) is 11.0. The molecule has 8 rings (SSSR count). The highest BCUT2D eigenvalue weighted by Gasteiger charge is 2.38. The van der Waals surface area contributed by atoms with E-state index < -0.39 is 30.7 Å². The number of hydrogen-bond donors (Lipinski definition) is 1. The lowest BCUT2D eigenvalue weighted by molar-refractivity contribution is -0.377. The number of aromatic amines is 1. The Morgan fingerprint density at radius 1 is 0.909 bits per heavy atom. The van der Waals surface area contributed by atoms with E-state index in [4.69, 9.17) is 46.9 Å². The molecule has 4 heterocycles. The van der Waals surface area contributed by atoms with Crippen LogP contribution >= 0.6 is 23.2 Å². The maximum absolute atomic E-state index is 13.8. The molecule has 2 bridgehead atoms. The van der Waals surface area contributed by atoms with Crippen LogP contribution in [0.15, 0.2) is 79.1 Å². The fraction of sp³-hybridized carbons (Fsp3) is 0.390. The molecule has 55 heavy (non-hydrogen) atoms. The smallest absolute Gasteiger partial charge is 0.387 e. The Kier molecular flexibility index (Phi) is 12.2. The monoisotopic (exact) mass is 796 g/mol. The molecule has 3 atom stereocenters. The number of esters is 2. The van der Waals surface area contributed by atoms with Gasteiger partial charge in [-0.25, -0.2) is 14.6 Å². The van der Waals surface area contributed by atoms with E-state index in [9.17, 15) is 18.4 Å². The molecule has 3 saturated heterocycles. The summed E-state index contributed by atoms with van der Waals surface area (Å²) in [6.45, 7) is 0.0725. The first-order valence-electron chi connectivity index (χ1n) is 18.3. The molecule has 1 aliphatic carbocycles. The SMILES string of the molecule is COc1ccc(C(Nc2ccc(C(=O)O[C@@H](Cc3c(Cl)c[nH+]cc3Cl)c3ccc(OC(F)F)c(OCC4CC4)c3)cc2)C(=O)O[C@H]2CN3CCC2CC3)cc1. The number of pyridine rings is 1. The Bertz CT molecular complexity index is 1940. The predicted octanol–water partition coefficient (Wildman–Crippen LogP) is 8.14. The van der Waals surface area contributed by atoms with Gasteiger partial charge in [-0.1, -0.05) is 41.4 Å². The summed E-state index contributed by atoms with van der Waals surface area (Å²) < 4.78 is 54.7. The van der Waals surface area contributed by atoms with Crippen LogP contribution in [-0.4, -0.2) is 62.9 Å². The highest BCUT2D eigenvalue weighted by molar-refractivity contribution is 6.35. The summed E-state index contributed by atoms with van der Waals surface area (Å²) in [6, 6.07) is 17.4. The highest BCUT2D eigenvalue weighted by Crippen LogP contribution is 2.38. The first kappa shape index (κ1) is 38.6. The molecule has 3 aliphatic heterocycles. The van der Waals surface area contributed by atoms with Gasteiger partial charge in [0.1, 0.15) is 28.0 Å². The van der Waals surface area contributed by atoms with Crippen LogP contribution in [-0.2, 0) is 20.7 Å². The fourth-order valence-corrected chi connectivity index (χ4v) is 7.54. The van der Waals surface area contributed by atoms with E-state index >= 15 is 0 Å². The zero-order chi connectivity index (χ0) is 38.5. The number of hydrogen-bond acceptors (Lipinski definition) is 9. The minimum Gasteiger partial charge on any atom is -0.497 e. The number of carbonyl (C=O) groups is 2. The number of methoxy groups -OCH3 is 1. The Morgan fingerprint density at radius 3 is 2.22 bits per heavy atom. The van der Waals surface area contributed by atoms with Crippen LogP contribution in [0.4, 0.5) is 14.5 Å². The lowest BCUT2D eigenvalue weighted by Crippen LogP contribution is -2.52. The van der Waals surface area contributed by atoms with E-state index in [0.29, 0.717) is 56.6 Å². The van der Waals surface area contributed by atoms with Crippen molar-refractivity contribution in [2.24, 2.45) is 11.8 Å². The fourth-order valence-electron chi connectivity index (χ4n) is 7.01. The number of ether oxygens (including phenoxy) is 5. The molecule has 0 radical (unpaired) electrons. The largest absolute Gasteiger partial charge is 0.497 e. The molecule has 4 aromatic rings. The van der Waals surface area contributed by atoms with Crippen LogP contribution in [0, 0.1) is 11.8 Å². The van der Waals surface area contributed by atoms with E-state index in [-0.39, 0.29) is 29.6 Å². The number of benzene rings is 3. The molecule has 14 heteroatoms. The molecule has 1 unspecified atom stereocenters. The van der Waals surface area contributed by atoms with E-state index in [1.54, 1.807) is 55.9 Å². The molecule has 3 aromatic carbocycles. The van der Waals surface area contributed by atoms with Gasteiger partial charge in [0.2, 0.25) is 0 Å². The van der Waals surface area contributed by atoms with Gasteiger partial charge >= 0.3 is 18.6 Å². The maximum atomic E-state index is 13.8. The number of piperidine rings is 3. The average molecular weight is 798 g/mol. The van der Waals surface area contributed by atoms with Crippen molar-refractivity contribution in [2.75, 3.05) is 38.7 Å². The van der Waals surface area contributed by atoms with Crippen molar-refractivity contribution in [2.45, 2.75) is 57.0 Å². The molecule has 1 saturated carbocycles. The van der Waals surface area contributed by atoms with Crippen LogP contribution in [0.5, 0.6) is 17.2 Å². The van der Waals surface area contributed by atoms with Crippen LogP contribution in [0.1, 0.15) is 64.9 Å². The van der Waals surface area contributed by atoms with E-state index in [1.165, 1.54) is 18.2 Å². The van der Waals surface area contributed by atoms with Gasteiger partial charge in [0.05, 0.1) is 19.3 Å². The number of anilines is 1. The van der Waals surface area contributed by atoms with Crippen LogP contribution in [0.25, 0.3) is 0 Å². The van der Waals surface area contributed by atoms with Crippen molar-refractivity contribution in [3.8, 4) is 17.2 Å². The van der Waals surface area contributed by atoms with E-state index in [1.807, 2.05) is 12.1 Å². The quantitative estimate of drug-likeness (QED) is 0.112. The standard InChI is InChI=1S/C41H41Cl2F2N3O7/c1-51-30-11-6-26(7-12-30)38(40(50)54-37-22-48-16-14-25(37)15-17-48)47-29-9-4-27(5-10-29)39(49)53-35(19-31-32(42)20-46-21-33(31)43)28-8-13-34(55-41(44)45)36(18-28)52-23-24-2-3-24/h4-13,18,20-21,24-25,35,37-38,41,47H,2-3,14-17,19,22-23H2,1H3/p+1/t35-,37-,38?/m0/s1. The van der Waals surface area contributed by atoms with E-state index in [2.05, 4.69) is 15.2 Å². The molecule has 290 valence electrons. The lowest BCUT2D eigenvalue weighted by Gasteiger charge is -2.44. The highest BCUT2D eigenvalue weighted by atomic mass is 35.5. The predicted molar refractivity (Wildman–Crippen MR) is 201 cm³/mol. The second-order valence-corrected chi connectivity index (χ2v) is 14.9. The van der Waals surface area contributed by atoms with Gasteiger partial charge in [-0.05, 0) is 110 Å². The minimum atomic E-state index is -3.05. The summed E-state index contributed by atoms with van der Waals surface area (Å²) >= 11 is 13.0. The molecular formula is C41H42Cl2F2N3O7+. The number of aromatic nitrogens is 1. The number of rotatable bonds is 16. The zero-order valence-corrected chi connectivity index (χ0v) is 31.7. The second-order valence-electron chi connectivity index (χ2n) is 14.1. The first-order valence-corrected chi connectivity index (χ1v) is 19.1. The number of carbonyl (C=O) groups excluding carboxylic acids is 2. The summed E-state index contributed by atoms with van der Waals surface area (Å²) in [5, 5.41) is 3.95. The summed E-state index contributed by atoms with van der Waals surface area (Å²) in [7, 11) is 1.58. The molecular weight excluding hydrogens is 755 g/mol. The third kappa shape index (κ3) is 9.78. The van der Waals surface area contributed by atoms with Gasteiger partial charge in [0.15, 0.2) is 29.9 Å². The lowest BCUT2D eigenvalue weighted by atomic mass is 9.86. The minimum absolute atomic E-state index is 0.0695. The van der Waals surface area contributed by atoms with Crippen LogP contribution in [0.3, 0.4) is 0 Å². The summed E-state index contributed by atoms with van der Waals surface area (Å²) in [5.74, 6) is 0.276. The summed E-state index contributed by atoms with van der Waals surface area (Å²) in [5.41, 5.74) is 2.48. The van der Waals surface area contributed by atoms with Crippen LogP contribution < -0.4 is 24.5 Å². The van der Waals surface area contributed by atoms with Crippen molar-refractivity contribution in [3.63, 3.8) is 0 Å². The number of H-pyrrole nitrogens is 1. The number of halogens is 4. The number of alkyl halides is 2. The molecule has 4 aliphatic rings. The van der Waals surface area contributed by atoms with Crippen molar-refractivity contribution in [1.29, 1.82) is 0 Å². The first-order chi connectivity index (χ1) is 26.6. The van der Waals surface area contributed by atoms with Gasteiger partial charge in [-0.2, -0.15) is 8.78 Å². The maximum Gasteiger partial charge on any atom is 0.387 e. The van der Waals surface area contributed by atoms with Gasteiger partial charge < -0.3 is 29.0 Å². The Hall–Kier alpha value is -4.65. The van der Waals surface area contributed by atoms with Crippen molar-refractivity contribution in [3.05, 3.63) is 111 Å². The Labute approximate surface area is 328 Å². The van der Waals surface area contributed by atoms with Crippen molar-refractivity contribution in [1.82, 2.24) is 4.90 Å². The van der Waals surface area contributed by atoms with E-state index in [0.717, 1.165) is 45.3 Å². The van der Waals surface area contributed by atoms with Gasteiger partial charge in [-0.3, -0.25) is 4.90 Å². The molecule has 10 nitrogen and oxygen atoms in total. The van der Waals surface area contributed by atoms with Gasteiger partial charge in [0, 0.05) is 24.2 Å². The Balaban J connectivity index is 1.11. The zero-order valence-electron chi connectivity index (χ0n) is 30.2. The molecule has 4 fully saturated rings. The van der Waals surface area contributed by atoms with Crippen molar-refractivity contribution >= 4 is 40.8 Å². The number of nitrogens with one attached hydrogen (secondary N) is 2. The molecule has 0 spiro atoms. The Morgan fingerprint density at radius 2 is 1.60 bits per heavy atom. The third-order valence-electron chi connectivity index (χ3n) is 10.3. The molecule has 0 amide bonds. The second kappa shape index (κ2) is 17.4. The number of fused-ring (bicyclic) bond motifs is 3. The molecule has 2 N–H and O–H groups in total. The summed E-state index contributed by atoms with van der Waals surface area (Å²) in [6.07, 6.45) is 6.07. The van der Waals surface area contributed by atoms with Gasteiger partial charge in [0.25, 0.3) is 0 Å². The number of nitrogens with zero attached hydrogens (tertiary/aromatic N) is 1. The van der Waals surface area contributed by atoms with Crippen molar-refractivity contribution < 1.29 is 47.0 Å². The summed E-state index contributed by atoms with van der Waals surface area (Å²) in [4.78, 5) is 32.7. The molecule has 1 aromatic heterocycles. The van der Waals surface area contributed by atoms with Gasteiger partial charge in [-0.15, -0.1) is 0 Å². The van der Waals surface area contributed by atoms with Crippen LogP contribution in [0.2, 0.25) is 10.0 Å².